The first-order valence-corrected chi connectivity index (χ1v) is 9.79. The number of para-hydroxylation sites is 1. The topological polar surface area (TPSA) is 81.2 Å². The van der Waals surface area contributed by atoms with Gasteiger partial charge in [-0.15, -0.1) is 11.3 Å². The first-order chi connectivity index (χ1) is 13.0. The van der Waals surface area contributed by atoms with Gasteiger partial charge < -0.3 is 10.1 Å². The van der Waals surface area contributed by atoms with Crippen LogP contribution in [0.1, 0.15) is 10.4 Å². The van der Waals surface area contributed by atoms with Crippen LogP contribution >= 0.6 is 23.1 Å². The second-order valence-electron chi connectivity index (χ2n) is 5.62. The van der Waals surface area contributed by atoms with Crippen molar-refractivity contribution in [3.05, 3.63) is 46.9 Å². The van der Waals surface area contributed by atoms with Crippen molar-refractivity contribution in [2.45, 2.75) is 18.9 Å². The Bertz CT molecular complexity index is 1010. The molecule has 0 aliphatic carbocycles. The highest BCUT2D eigenvalue weighted by Gasteiger charge is 2.15. The molecule has 3 aromatic rings. The van der Waals surface area contributed by atoms with Crippen molar-refractivity contribution in [3.63, 3.8) is 0 Å². The van der Waals surface area contributed by atoms with E-state index in [-0.39, 0.29) is 11.4 Å². The minimum absolute atomic E-state index is 0.00737. The SMILES string of the molecule is Cc1sc2ncnc(SCC(=O)OCC(=O)Nc3ccccc3F)c2c1C. The van der Waals surface area contributed by atoms with Crippen molar-refractivity contribution in [3.8, 4) is 0 Å². The van der Waals surface area contributed by atoms with Crippen LogP contribution in [0.4, 0.5) is 10.1 Å². The number of aromatic nitrogens is 2. The molecule has 3 rings (SSSR count). The van der Waals surface area contributed by atoms with E-state index in [0.717, 1.165) is 20.7 Å². The van der Waals surface area contributed by atoms with Gasteiger partial charge in [-0.05, 0) is 31.5 Å². The summed E-state index contributed by atoms with van der Waals surface area (Å²) < 4.78 is 18.4. The Hall–Kier alpha value is -2.52. The quantitative estimate of drug-likeness (QED) is 0.382. The van der Waals surface area contributed by atoms with E-state index in [2.05, 4.69) is 15.3 Å². The summed E-state index contributed by atoms with van der Waals surface area (Å²) in [5.74, 6) is -1.71. The minimum Gasteiger partial charge on any atom is -0.455 e. The van der Waals surface area contributed by atoms with Crippen LogP contribution < -0.4 is 5.32 Å². The molecule has 0 radical (unpaired) electrons. The third kappa shape index (κ3) is 4.61. The van der Waals surface area contributed by atoms with Gasteiger partial charge >= 0.3 is 5.97 Å². The highest BCUT2D eigenvalue weighted by atomic mass is 32.2. The summed E-state index contributed by atoms with van der Waals surface area (Å²) in [4.78, 5) is 34.2. The van der Waals surface area contributed by atoms with E-state index in [0.29, 0.717) is 5.03 Å². The zero-order chi connectivity index (χ0) is 19.4. The minimum atomic E-state index is -0.604. The van der Waals surface area contributed by atoms with Crippen molar-refractivity contribution in [1.29, 1.82) is 0 Å². The fourth-order valence-corrected chi connectivity index (χ4v) is 4.24. The zero-order valence-corrected chi connectivity index (χ0v) is 16.2. The van der Waals surface area contributed by atoms with Crippen LogP contribution in [-0.4, -0.2) is 34.2 Å². The largest absolute Gasteiger partial charge is 0.455 e. The molecule has 6 nitrogen and oxygen atoms in total. The van der Waals surface area contributed by atoms with Gasteiger partial charge in [0, 0.05) is 10.3 Å². The van der Waals surface area contributed by atoms with E-state index in [9.17, 15) is 14.0 Å². The predicted octanol–water partition coefficient (Wildman–Crippen LogP) is 3.72. The number of halogens is 1. The van der Waals surface area contributed by atoms with Gasteiger partial charge in [0.15, 0.2) is 6.61 Å². The number of rotatable bonds is 6. The summed E-state index contributed by atoms with van der Waals surface area (Å²) in [5, 5.41) is 4.00. The van der Waals surface area contributed by atoms with Crippen LogP contribution in [0, 0.1) is 19.7 Å². The summed E-state index contributed by atoms with van der Waals surface area (Å²) in [5.41, 5.74) is 1.13. The first-order valence-electron chi connectivity index (χ1n) is 7.99. The number of hydrogen-bond acceptors (Lipinski definition) is 7. The number of carbonyl (C=O) groups is 2. The van der Waals surface area contributed by atoms with Crippen molar-refractivity contribution in [2.24, 2.45) is 0 Å². The van der Waals surface area contributed by atoms with E-state index in [1.54, 1.807) is 17.4 Å². The number of thioether (sulfide) groups is 1. The van der Waals surface area contributed by atoms with Crippen molar-refractivity contribution in [2.75, 3.05) is 17.7 Å². The summed E-state index contributed by atoms with van der Waals surface area (Å²) in [6.07, 6.45) is 1.47. The molecule has 9 heteroatoms. The number of benzene rings is 1. The third-order valence-corrected chi connectivity index (χ3v) is 5.85. The molecular formula is C18H16FN3O3S2. The molecule has 0 atom stereocenters. The Morgan fingerprint density at radius 1 is 1.26 bits per heavy atom. The summed E-state index contributed by atoms with van der Waals surface area (Å²) in [7, 11) is 0. The van der Waals surface area contributed by atoms with E-state index < -0.39 is 24.3 Å². The van der Waals surface area contributed by atoms with Crippen LogP contribution in [0.2, 0.25) is 0 Å². The van der Waals surface area contributed by atoms with Crippen molar-refractivity contribution in [1.82, 2.24) is 9.97 Å². The van der Waals surface area contributed by atoms with Crippen LogP contribution in [0.3, 0.4) is 0 Å². The van der Waals surface area contributed by atoms with E-state index >= 15 is 0 Å². The molecule has 1 aromatic carbocycles. The number of ether oxygens (including phenoxy) is 1. The number of carbonyl (C=O) groups excluding carboxylic acids is 2. The first kappa shape index (κ1) is 19.2. The number of fused-ring (bicyclic) bond motifs is 1. The third-order valence-electron chi connectivity index (χ3n) is 3.77. The van der Waals surface area contributed by atoms with E-state index in [1.807, 2.05) is 13.8 Å². The number of aryl methyl sites for hydroxylation is 2. The molecule has 0 unspecified atom stereocenters. The molecule has 2 heterocycles. The molecule has 0 bridgehead atoms. The van der Waals surface area contributed by atoms with Crippen molar-refractivity contribution < 1.29 is 18.7 Å². The van der Waals surface area contributed by atoms with Crippen LogP contribution in [0.5, 0.6) is 0 Å². The van der Waals surface area contributed by atoms with Crippen LogP contribution in [0.15, 0.2) is 35.6 Å². The normalized spacial score (nSPS) is 10.8. The van der Waals surface area contributed by atoms with Crippen molar-refractivity contribution >= 4 is 50.9 Å². The molecule has 0 saturated heterocycles. The number of esters is 1. The van der Waals surface area contributed by atoms with Gasteiger partial charge in [-0.1, -0.05) is 23.9 Å². The summed E-state index contributed by atoms with van der Waals surface area (Å²) in [6.45, 7) is 3.52. The second kappa shape index (κ2) is 8.45. The Kier molecular flexibility index (Phi) is 6.02. The Labute approximate surface area is 163 Å². The average Bonchev–Trinajstić information content (AvgIpc) is 2.95. The highest BCUT2D eigenvalue weighted by Crippen LogP contribution is 2.34. The monoisotopic (exact) mass is 405 g/mol. The van der Waals surface area contributed by atoms with E-state index in [1.165, 1.54) is 36.3 Å². The second-order valence-corrected chi connectivity index (χ2v) is 7.79. The maximum atomic E-state index is 13.5. The summed E-state index contributed by atoms with van der Waals surface area (Å²) >= 11 is 2.81. The predicted molar refractivity (Wildman–Crippen MR) is 104 cm³/mol. The number of anilines is 1. The average molecular weight is 405 g/mol. The number of hydrogen-bond donors (Lipinski definition) is 1. The molecule has 0 aliphatic heterocycles. The number of thiophene rings is 1. The van der Waals surface area contributed by atoms with Gasteiger partial charge in [-0.25, -0.2) is 14.4 Å². The standard InChI is InChI=1S/C18H16FN3O3S2/c1-10-11(2)27-18-16(10)17(20-9-21-18)26-8-15(24)25-7-14(23)22-13-6-4-3-5-12(13)19/h3-6,9H,7-8H2,1-2H3,(H,22,23). The lowest BCUT2D eigenvalue weighted by Crippen LogP contribution is -2.22. The molecule has 27 heavy (non-hydrogen) atoms. The fourth-order valence-electron chi connectivity index (χ4n) is 2.32. The Morgan fingerprint density at radius 2 is 2.04 bits per heavy atom. The molecule has 0 aliphatic rings. The van der Waals surface area contributed by atoms with Crippen LogP contribution in [0.25, 0.3) is 10.2 Å². The molecule has 0 fully saturated rings. The lowest BCUT2D eigenvalue weighted by molar-refractivity contribution is -0.144. The van der Waals surface area contributed by atoms with Crippen LogP contribution in [-0.2, 0) is 14.3 Å². The van der Waals surface area contributed by atoms with Gasteiger partial charge in [0.1, 0.15) is 22.0 Å². The molecular weight excluding hydrogens is 389 g/mol. The van der Waals surface area contributed by atoms with Gasteiger partial charge in [0.05, 0.1) is 11.4 Å². The highest BCUT2D eigenvalue weighted by molar-refractivity contribution is 8.00. The van der Waals surface area contributed by atoms with Gasteiger partial charge in [0.2, 0.25) is 0 Å². The molecule has 1 amide bonds. The Balaban J connectivity index is 1.53. The molecule has 0 saturated carbocycles. The summed E-state index contributed by atoms with van der Waals surface area (Å²) in [6, 6.07) is 5.77. The smallest absolute Gasteiger partial charge is 0.316 e. The number of nitrogens with zero attached hydrogens (tertiary/aromatic N) is 2. The van der Waals surface area contributed by atoms with Gasteiger partial charge in [-0.3, -0.25) is 9.59 Å². The molecule has 0 spiro atoms. The maximum Gasteiger partial charge on any atom is 0.316 e. The lowest BCUT2D eigenvalue weighted by Gasteiger charge is -2.07. The lowest BCUT2D eigenvalue weighted by atomic mass is 10.2. The van der Waals surface area contributed by atoms with Gasteiger partial charge in [0.25, 0.3) is 5.91 Å². The molecule has 140 valence electrons. The number of amides is 1. The van der Waals surface area contributed by atoms with Gasteiger partial charge in [-0.2, -0.15) is 0 Å². The van der Waals surface area contributed by atoms with E-state index in [4.69, 9.17) is 4.74 Å². The number of nitrogens with one attached hydrogen (secondary N) is 1. The zero-order valence-electron chi connectivity index (χ0n) is 14.6. The molecule has 1 N–H and O–H groups in total. The Morgan fingerprint density at radius 3 is 2.81 bits per heavy atom. The maximum absolute atomic E-state index is 13.5. The molecule has 2 aromatic heterocycles. The fraction of sp³-hybridized carbons (Fsp3) is 0.222.